The maximum absolute atomic E-state index is 12.6. The van der Waals surface area contributed by atoms with Crippen molar-refractivity contribution in [2.45, 2.75) is 19.8 Å². The van der Waals surface area contributed by atoms with Gasteiger partial charge in [0.15, 0.2) is 11.6 Å². The summed E-state index contributed by atoms with van der Waals surface area (Å²) in [5.41, 5.74) is 0.182. The molecule has 0 saturated carbocycles. The Labute approximate surface area is 118 Å². The first-order valence-corrected chi connectivity index (χ1v) is 6.75. The van der Waals surface area contributed by atoms with Gasteiger partial charge in [0, 0.05) is 12.8 Å². The van der Waals surface area contributed by atoms with Crippen LogP contribution in [-0.4, -0.2) is 42.8 Å². The van der Waals surface area contributed by atoms with E-state index in [1.165, 1.54) is 6.07 Å². The number of amides is 1. The van der Waals surface area contributed by atoms with Gasteiger partial charge in [-0.25, -0.2) is 4.98 Å². The molecular weight excluding hydrogens is 258 g/mol. The van der Waals surface area contributed by atoms with E-state index in [2.05, 4.69) is 15.6 Å². The van der Waals surface area contributed by atoms with Crippen LogP contribution in [-0.2, 0) is 9.53 Å². The zero-order valence-corrected chi connectivity index (χ0v) is 11.9. The Morgan fingerprint density at radius 2 is 2.20 bits per heavy atom. The van der Waals surface area contributed by atoms with E-state index in [4.69, 9.17) is 4.74 Å². The van der Waals surface area contributed by atoms with E-state index in [1.54, 1.807) is 13.2 Å². The smallest absolute Gasteiger partial charge is 0.234 e. The van der Waals surface area contributed by atoms with Gasteiger partial charge in [-0.2, -0.15) is 0 Å². The molecule has 1 aromatic rings. The van der Waals surface area contributed by atoms with E-state index in [0.29, 0.717) is 19.4 Å². The van der Waals surface area contributed by atoms with Crippen LogP contribution in [0.3, 0.4) is 0 Å². The zero-order valence-electron chi connectivity index (χ0n) is 11.9. The van der Waals surface area contributed by atoms with E-state index in [-0.39, 0.29) is 17.5 Å². The highest BCUT2D eigenvalue weighted by Gasteiger charge is 2.40. The molecule has 1 saturated heterocycles. The lowest BCUT2D eigenvalue weighted by molar-refractivity contribution is -0.130. The van der Waals surface area contributed by atoms with Crippen molar-refractivity contribution in [1.29, 1.82) is 0 Å². The third-order valence-corrected chi connectivity index (χ3v) is 3.71. The highest BCUT2D eigenvalue weighted by atomic mass is 16.5. The van der Waals surface area contributed by atoms with Crippen LogP contribution >= 0.6 is 0 Å². The summed E-state index contributed by atoms with van der Waals surface area (Å²) >= 11 is 0. The largest absolute Gasteiger partial charge is 0.504 e. The number of methoxy groups -OCH3 is 1. The number of hydrogen-bond donors (Lipinski definition) is 3. The van der Waals surface area contributed by atoms with Gasteiger partial charge in [0.1, 0.15) is 0 Å². The molecule has 2 heterocycles. The van der Waals surface area contributed by atoms with Gasteiger partial charge in [0.2, 0.25) is 5.91 Å². The van der Waals surface area contributed by atoms with Gasteiger partial charge in [0.25, 0.3) is 0 Å². The average molecular weight is 279 g/mol. The van der Waals surface area contributed by atoms with Gasteiger partial charge < -0.3 is 20.5 Å². The molecule has 0 aliphatic carbocycles. The molecule has 0 aromatic carbocycles. The minimum absolute atomic E-state index is 0.0227. The number of aryl methyl sites for hydroxylation is 1. The van der Waals surface area contributed by atoms with Crippen LogP contribution in [0.15, 0.2) is 12.1 Å². The van der Waals surface area contributed by atoms with Crippen LogP contribution in [0.25, 0.3) is 0 Å². The topological polar surface area (TPSA) is 83.5 Å². The van der Waals surface area contributed by atoms with Crippen molar-refractivity contribution in [1.82, 2.24) is 10.3 Å². The molecule has 20 heavy (non-hydrogen) atoms. The molecule has 6 heteroatoms. The number of pyridine rings is 1. The van der Waals surface area contributed by atoms with Crippen LogP contribution in [0, 0.1) is 12.3 Å². The summed E-state index contributed by atoms with van der Waals surface area (Å²) in [4.78, 5) is 16.7. The first-order chi connectivity index (χ1) is 9.57. The van der Waals surface area contributed by atoms with Crippen LogP contribution in [0.1, 0.15) is 18.5 Å². The Balaban J connectivity index is 2.18. The third kappa shape index (κ3) is 3.08. The number of hydrogen-bond acceptors (Lipinski definition) is 5. The predicted octanol–water partition coefficient (Wildman–Crippen LogP) is 1.05. The third-order valence-electron chi connectivity index (χ3n) is 3.71. The van der Waals surface area contributed by atoms with E-state index in [1.807, 2.05) is 6.92 Å². The van der Waals surface area contributed by atoms with Crippen molar-refractivity contribution in [2.75, 3.05) is 32.1 Å². The molecule has 0 bridgehead atoms. The maximum Gasteiger partial charge on any atom is 0.234 e. The molecule has 0 radical (unpaired) electrons. The lowest BCUT2D eigenvalue weighted by atomic mass is 9.78. The summed E-state index contributed by atoms with van der Waals surface area (Å²) in [7, 11) is 1.60. The summed E-state index contributed by atoms with van der Waals surface area (Å²) in [6.45, 7) is 3.74. The standard InChI is InChI=1S/C14H21N3O3/c1-10-3-4-11(18)12(16-10)17-13(19)14(9-20-2)5-7-15-8-6-14/h3-4,15,18H,5-9H2,1-2H3,(H,16,17,19). The van der Waals surface area contributed by atoms with E-state index < -0.39 is 5.41 Å². The number of anilines is 1. The molecule has 1 amide bonds. The number of rotatable bonds is 4. The summed E-state index contributed by atoms with van der Waals surface area (Å²) in [6, 6.07) is 3.23. The summed E-state index contributed by atoms with van der Waals surface area (Å²) in [6.07, 6.45) is 1.42. The predicted molar refractivity (Wildman–Crippen MR) is 75.7 cm³/mol. The lowest BCUT2D eigenvalue weighted by Gasteiger charge is -2.35. The lowest BCUT2D eigenvalue weighted by Crippen LogP contribution is -2.47. The van der Waals surface area contributed by atoms with E-state index in [0.717, 1.165) is 18.8 Å². The van der Waals surface area contributed by atoms with Gasteiger partial charge in [-0.1, -0.05) is 0 Å². The highest BCUT2D eigenvalue weighted by Crippen LogP contribution is 2.32. The first kappa shape index (κ1) is 14.7. The minimum atomic E-state index is -0.558. The van der Waals surface area contributed by atoms with Crippen molar-refractivity contribution in [3.8, 4) is 5.75 Å². The Kier molecular flexibility index (Phi) is 4.57. The second-order valence-corrected chi connectivity index (χ2v) is 5.24. The second-order valence-electron chi connectivity index (χ2n) is 5.24. The Bertz CT molecular complexity index is 479. The van der Waals surface area contributed by atoms with Gasteiger partial charge in [0.05, 0.1) is 12.0 Å². The van der Waals surface area contributed by atoms with Crippen molar-refractivity contribution in [3.05, 3.63) is 17.8 Å². The first-order valence-electron chi connectivity index (χ1n) is 6.75. The molecule has 0 unspecified atom stereocenters. The SMILES string of the molecule is COCC1(C(=O)Nc2nc(C)ccc2O)CCNCC1. The fourth-order valence-electron chi connectivity index (χ4n) is 2.50. The van der Waals surface area contributed by atoms with Crippen molar-refractivity contribution >= 4 is 11.7 Å². The van der Waals surface area contributed by atoms with E-state index in [9.17, 15) is 9.90 Å². The number of aromatic hydroxyl groups is 1. The number of aromatic nitrogens is 1. The van der Waals surface area contributed by atoms with Crippen LogP contribution in [0.5, 0.6) is 5.75 Å². The summed E-state index contributed by atoms with van der Waals surface area (Å²) in [5.74, 6) is 0.0451. The number of piperidine rings is 1. The minimum Gasteiger partial charge on any atom is -0.504 e. The Morgan fingerprint density at radius 3 is 2.85 bits per heavy atom. The maximum atomic E-state index is 12.6. The second kappa shape index (κ2) is 6.19. The molecule has 0 spiro atoms. The number of nitrogens with one attached hydrogen (secondary N) is 2. The Hall–Kier alpha value is -1.66. The number of ether oxygens (including phenoxy) is 1. The molecule has 1 aliphatic rings. The molecule has 1 aliphatic heterocycles. The normalized spacial score (nSPS) is 17.7. The molecule has 0 atom stereocenters. The molecule has 1 fully saturated rings. The van der Waals surface area contributed by atoms with E-state index >= 15 is 0 Å². The molecule has 110 valence electrons. The van der Waals surface area contributed by atoms with Crippen LogP contribution in [0.4, 0.5) is 5.82 Å². The van der Waals surface area contributed by atoms with Gasteiger partial charge in [-0.05, 0) is 45.0 Å². The van der Waals surface area contributed by atoms with Crippen molar-refractivity contribution in [3.63, 3.8) is 0 Å². The summed E-state index contributed by atoms with van der Waals surface area (Å²) in [5, 5.41) is 15.8. The van der Waals surface area contributed by atoms with Gasteiger partial charge >= 0.3 is 0 Å². The monoisotopic (exact) mass is 279 g/mol. The molecule has 2 rings (SSSR count). The van der Waals surface area contributed by atoms with Crippen LogP contribution < -0.4 is 10.6 Å². The number of carbonyl (C=O) groups is 1. The number of carbonyl (C=O) groups excluding carboxylic acids is 1. The van der Waals surface area contributed by atoms with Crippen molar-refractivity contribution in [2.24, 2.45) is 5.41 Å². The molecular formula is C14H21N3O3. The van der Waals surface area contributed by atoms with Gasteiger partial charge in [-0.3, -0.25) is 4.79 Å². The zero-order chi connectivity index (χ0) is 14.6. The highest BCUT2D eigenvalue weighted by molar-refractivity contribution is 5.95. The van der Waals surface area contributed by atoms with Crippen LogP contribution in [0.2, 0.25) is 0 Å². The summed E-state index contributed by atoms with van der Waals surface area (Å²) < 4.78 is 5.23. The van der Waals surface area contributed by atoms with Crippen molar-refractivity contribution < 1.29 is 14.6 Å². The molecule has 1 aromatic heterocycles. The molecule has 3 N–H and O–H groups in total. The average Bonchev–Trinajstić information content (AvgIpc) is 2.44. The van der Waals surface area contributed by atoms with Gasteiger partial charge in [-0.15, -0.1) is 0 Å². The fourth-order valence-corrected chi connectivity index (χ4v) is 2.50. The fraction of sp³-hybridized carbons (Fsp3) is 0.571. The number of nitrogens with zero attached hydrogens (tertiary/aromatic N) is 1. The quantitative estimate of drug-likeness (QED) is 0.767. The Morgan fingerprint density at radius 1 is 1.50 bits per heavy atom. The molecule has 6 nitrogen and oxygen atoms in total.